The van der Waals surface area contributed by atoms with Crippen molar-refractivity contribution in [3.05, 3.63) is 94.5 Å². The zero-order valence-corrected chi connectivity index (χ0v) is 18.0. The Hall–Kier alpha value is -2.67. The van der Waals surface area contributed by atoms with E-state index in [0.29, 0.717) is 10.7 Å². The highest BCUT2D eigenvalue weighted by molar-refractivity contribution is 7.89. The number of hydrogen-bond donors (Lipinski definition) is 1. The quantitative estimate of drug-likeness (QED) is 0.653. The largest absolute Gasteiger partial charge is 0.323 e. The summed E-state index contributed by atoms with van der Waals surface area (Å²) in [4.78, 5) is 13.4. The lowest BCUT2D eigenvalue weighted by Gasteiger charge is -2.35. The van der Waals surface area contributed by atoms with Gasteiger partial charge in [0.25, 0.3) is 0 Å². The second-order valence-electron chi connectivity index (χ2n) is 7.32. The van der Waals surface area contributed by atoms with Gasteiger partial charge in [0.1, 0.15) is 6.04 Å². The van der Waals surface area contributed by atoms with Crippen molar-refractivity contribution >= 4 is 33.2 Å². The molecule has 0 fully saturated rings. The highest BCUT2D eigenvalue weighted by Gasteiger charge is 2.39. The summed E-state index contributed by atoms with van der Waals surface area (Å²) >= 11 is 6.18. The van der Waals surface area contributed by atoms with Gasteiger partial charge in [-0.25, -0.2) is 8.42 Å². The number of sulfonamides is 1. The molecule has 1 heterocycles. The van der Waals surface area contributed by atoms with Gasteiger partial charge in [-0.05, 0) is 48.7 Å². The fraction of sp³-hybridized carbons (Fsp3) is 0.174. The molecule has 1 aliphatic heterocycles. The van der Waals surface area contributed by atoms with Crippen molar-refractivity contribution < 1.29 is 13.2 Å². The fourth-order valence-corrected chi connectivity index (χ4v) is 5.35. The SMILES string of the molecule is Cc1ccc(S(=O)(=O)N2Cc3ccccc3C[C@H]2C(=O)Nc2ccccc2Cl)cc1. The zero-order chi connectivity index (χ0) is 21.3. The molecule has 3 aromatic carbocycles. The topological polar surface area (TPSA) is 66.5 Å². The van der Waals surface area contributed by atoms with Crippen LogP contribution < -0.4 is 5.32 Å². The Morgan fingerprint density at radius 1 is 0.967 bits per heavy atom. The Morgan fingerprint density at radius 2 is 1.60 bits per heavy atom. The van der Waals surface area contributed by atoms with Crippen LogP contribution in [0.2, 0.25) is 5.02 Å². The van der Waals surface area contributed by atoms with Gasteiger partial charge in [-0.1, -0.05) is 65.7 Å². The van der Waals surface area contributed by atoms with Gasteiger partial charge in [0.2, 0.25) is 15.9 Å². The van der Waals surface area contributed by atoms with E-state index in [1.165, 1.54) is 4.31 Å². The first-order valence-corrected chi connectivity index (χ1v) is 11.4. The third-order valence-corrected chi connectivity index (χ3v) is 7.47. The highest BCUT2D eigenvalue weighted by Crippen LogP contribution is 2.30. The predicted molar refractivity (Wildman–Crippen MR) is 118 cm³/mol. The molecule has 154 valence electrons. The number of carbonyl (C=O) groups excluding carboxylic acids is 1. The first-order chi connectivity index (χ1) is 14.4. The van der Waals surface area contributed by atoms with Crippen molar-refractivity contribution in [2.45, 2.75) is 30.8 Å². The lowest BCUT2D eigenvalue weighted by atomic mass is 9.95. The number of amides is 1. The second-order valence-corrected chi connectivity index (χ2v) is 9.62. The Labute approximate surface area is 181 Å². The number of halogens is 1. The molecule has 0 saturated heterocycles. The van der Waals surface area contributed by atoms with Crippen LogP contribution in [0.3, 0.4) is 0 Å². The molecule has 3 aromatic rings. The van der Waals surface area contributed by atoms with Gasteiger partial charge in [0.05, 0.1) is 15.6 Å². The first-order valence-electron chi connectivity index (χ1n) is 9.57. The molecule has 7 heteroatoms. The molecule has 1 amide bonds. The van der Waals surface area contributed by atoms with E-state index in [-0.39, 0.29) is 17.9 Å². The van der Waals surface area contributed by atoms with Crippen LogP contribution in [-0.4, -0.2) is 24.7 Å². The Kier molecular flexibility index (Phi) is 5.64. The van der Waals surface area contributed by atoms with Crippen LogP contribution >= 0.6 is 11.6 Å². The normalized spacial score (nSPS) is 16.7. The van der Waals surface area contributed by atoms with E-state index in [2.05, 4.69) is 5.32 Å². The van der Waals surface area contributed by atoms with Crippen molar-refractivity contribution in [2.75, 3.05) is 5.32 Å². The maximum atomic E-state index is 13.5. The smallest absolute Gasteiger partial charge is 0.244 e. The van der Waals surface area contributed by atoms with Crippen LogP contribution in [0.15, 0.2) is 77.7 Å². The summed E-state index contributed by atoms with van der Waals surface area (Å²) in [7, 11) is -3.88. The van der Waals surface area contributed by atoms with E-state index < -0.39 is 22.0 Å². The predicted octanol–water partition coefficient (Wildman–Crippen LogP) is 4.40. The third-order valence-electron chi connectivity index (χ3n) is 5.27. The summed E-state index contributed by atoms with van der Waals surface area (Å²) in [6.45, 7) is 2.03. The summed E-state index contributed by atoms with van der Waals surface area (Å²) in [5.74, 6) is -0.409. The highest BCUT2D eigenvalue weighted by atomic mass is 35.5. The van der Waals surface area contributed by atoms with E-state index in [9.17, 15) is 13.2 Å². The van der Waals surface area contributed by atoms with Crippen molar-refractivity contribution in [3.8, 4) is 0 Å². The second kappa shape index (κ2) is 8.22. The maximum absolute atomic E-state index is 13.5. The van der Waals surface area contributed by atoms with E-state index >= 15 is 0 Å². The third kappa shape index (κ3) is 3.99. The summed E-state index contributed by atoms with van der Waals surface area (Å²) in [6, 6.07) is 20.3. The number of fused-ring (bicyclic) bond motifs is 1. The molecule has 30 heavy (non-hydrogen) atoms. The number of carbonyl (C=O) groups is 1. The number of hydrogen-bond acceptors (Lipinski definition) is 3. The van der Waals surface area contributed by atoms with Gasteiger partial charge >= 0.3 is 0 Å². The number of benzene rings is 3. The zero-order valence-electron chi connectivity index (χ0n) is 16.4. The molecule has 1 N–H and O–H groups in total. The summed E-state index contributed by atoms with van der Waals surface area (Å²) in [5, 5.41) is 3.19. The molecular weight excluding hydrogens is 420 g/mol. The summed E-state index contributed by atoms with van der Waals surface area (Å²) in [5.41, 5.74) is 3.28. The minimum Gasteiger partial charge on any atom is -0.323 e. The monoisotopic (exact) mass is 440 g/mol. The minimum absolute atomic E-state index is 0.132. The first kappa shape index (κ1) is 20.6. The van der Waals surface area contributed by atoms with Crippen LogP contribution in [0.1, 0.15) is 16.7 Å². The van der Waals surface area contributed by atoms with Gasteiger partial charge in [-0.15, -0.1) is 0 Å². The molecule has 0 bridgehead atoms. The number of nitrogens with zero attached hydrogens (tertiary/aromatic N) is 1. The molecule has 1 aliphatic rings. The summed E-state index contributed by atoms with van der Waals surface area (Å²) in [6.07, 6.45) is 0.289. The Bertz CT molecular complexity index is 1190. The van der Waals surface area contributed by atoms with Crippen LogP contribution in [0.5, 0.6) is 0 Å². The van der Waals surface area contributed by atoms with Crippen LogP contribution in [-0.2, 0) is 27.8 Å². The van der Waals surface area contributed by atoms with Gasteiger partial charge in [0, 0.05) is 6.54 Å². The molecule has 1 atom stereocenters. The molecule has 0 radical (unpaired) electrons. The molecule has 0 aromatic heterocycles. The Balaban J connectivity index is 1.73. The number of para-hydroxylation sites is 1. The molecule has 0 saturated carbocycles. The number of nitrogens with one attached hydrogen (secondary N) is 1. The summed E-state index contributed by atoms with van der Waals surface area (Å²) < 4.78 is 28.2. The molecule has 0 unspecified atom stereocenters. The van der Waals surface area contributed by atoms with E-state index in [1.807, 2.05) is 31.2 Å². The lowest BCUT2D eigenvalue weighted by Crippen LogP contribution is -2.50. The van der Waals surface area contributed by atoms with Crippen LogP contribution in [0, 0.1) is 6.92 Å². The molecular formula is C23H21ClN2O3S. The van der Waals surface area contributed by atoms with Crippen molar-refractivity contribution in [1.29, 1.82) is 0 Å². The van der Waals surface area contributed by atoms with Gasteiger partial charge in [-0.3, -0.25) is 4.79 Å². The number of rotatable bonds is 4. The molecule has 5 nitrogen and oxygen atoms in total. The van der Waals surface area contributed by atoms with Crippen LogP contribution in [0.4, 0.5) is 5.69 Å². The number of aryl methyl sites for hydroxylation is 1. The average molecular weight is 441 g/mol. The fourth-order valence-electron chi connectivity index (χ4n) is 3.60. The van der Waals surface area contributed by atoms with Gasteiger partial charge in [0.15, 0.2) is 0 Å². The van der Waals surface area contributed by atoms with E-state index in [0.717, 1.165) is 16.7 Å². The molecule has 4 rings (SSSR count). The molecule has 0 aliphatic carbocycles. The maximum Gasteiger partial charge on any atom is 0.244 e. The molecule has 0 spiro atoms. The number of anilines is 1. The van der Waals surface area contributed by atoms with Crippen molar-refractivity contribution in [1.82, 2.24) is 4.31 Å². The average Bonchev–Trinajstić information content (AvgIpc) is 2.74. The van der Waals surface area contributed by atoms with Crippen LogP contribution in [0.25, 0.3) is 0 Å². The van der Waals surface area contributed by atoms with E-state index in [4.69, 9.17) is 11.6 Å². The van der Waals surface area contributed by atoms with Crippen molar-refractivity contribution in [2.24, 2.45) is 0 Å². The van der Waals surface area contributed by atoms with Gasteiger partial charge < -0.3 is 5.32 Å². The minimum atomic E-state index is -3.88. The van der Waals surface area contributed by atoms with Crippen molar-refractivity contribution in [3.63, 3.8) is 0 Å². The lowest BCUT2D eigenvalue weighted by molar-refractivity contribution is -0.120. The standard InChI is InChI=1S/C23H21ClN2O3S/c1-16-10-12-19(13-11-16)30(28,29)26-15-18-7-3-2-6-17(18)14-22(26)23(27)25-21-9-5-4-8-20(21)24/h2-13,22H,14-15H2,1H3,(H,25,27)/t22-/m0/s1. The van der Waals surface area contributed by atoms with E-state index in [1.54, 1.807) is 48.5 Å². The Morgan fingerprint density at radius 3 is 2.30 bits per heavy atom. The van der Waals surface area contributed by atoms with Gasteiger partial charge in [-0.2, -0.15) is 4.31 Å².